The Balaban J connectivity index is 1.45. The van der Waals surface area contributed by atoms with Gasteiger partial charge in [-0.25, -0.2) is 14.4 Å². The van der Waals surface area contributed by atoms with E-state index >= 15 is 0 Å². The fourth-order valence-corrected chi connectivity index (χ4v) is 4.54. The molecule has 0 saturated carbocycles. The summed E-state index contributed by atoms with van der Waals surface area (Å²) in [5.41, 5.74) is 1.87. The van der Waals surface area contributed by atoms with Gasteiger partial charge in [-0.2, -0.15) is 0 Å². The molecule has 1 amide bonds. The molecule has 0 spiro atoms. The van der Waals surface area contributed by atoms with Gasteiger partial charge in [-0.05, 0) is 55.8 Å². The third-order valence-electron chi connectivity index (χ3n) is 6.15. The Kier molecular flexibility index (Phi) is 6.08. The van der Waals surface area contributed by atoms with E-state index in [4.69, 9.17) is 0 Å². The van der Waals surface area contributed by atoms with Gasteiger partial charge < -0.3 is 5.32 Å². The van der Waals surface area contributed by atoms with Crippen molar-refractivity contribution in [1.29, 1.82) is 0 Å². The molecule has 0 bridgehead atoms. The number of pyridine rings is 1. The average Bonchev–Trinajstić information content (AvgIpc) is 3.27. The van der Waals surface area contributed by atoms with Crippen molar-refractivity contribution in [2.45, 2.75) is 25.3 Å². The Morgan fingerprint density at radius 1 is 1.03 bits per heavy atom. The SMILES string of the molecule is O=C(NCC(c1cccnc1)N1CCCCC1)c1cn(-c2ncccn2)c2cccc(F)c12. The number of piperidine rings is 1. The number of rotatable bonds is 6. The average molecular weight is 445 g/mol. The molecule has 1 aliphatic rings. The van der Waals surface area contributed by atoms with Gasteiger partial charge in [0.2, 0.25) is 5.95 Å². The lowest BCUT2D eigenvalue weighted by atomic mass is 10.0. The van der Waals surface area contributed by atoms with Gasteiger partial charge in [-0.1, -0.05) is 18.6 Å². The van der Waals surface area contributed by atoms with E-state index in [1.807, 2.05) is 18.3 Å². The Morgan fingerprint density at radius 2 is 1.85 bits per heavy atom. The molecule has 1 atom stereocenters. The first-order chi connectivity index (χ1) is 16.2. The van der Waals surface area contributed by atoms with Crippen LogP contribution in [0.5, 0.6) is 0 Å². The van der Waals surface area contributed by atoms with Crippen LogP contribution < -0.4 is 5.32 Å². The van der Waals surface area contributed by atoms with Crippen molar-refractivity contribution in [3.8, 4) is 5.95 Å². The number of amides is 1. The minimum atomic E-state index is -0.452. The monoisotopic (exact) mass is 444 g/mol. The Bertz CT molecular complexity index is 1240. The number of halogens is 1. The second kappa shape index (κ2) is 9.46. The maximum atomic E-state index is 14.8. The first-order valence-corrected chi connectivity index (χ1v) is 11.2. The number of aromatic nitrogens is 4. The number of nitrogens with one attached hydrogen (secondary N) is 1. The molecular formula is C25H25FN6O. The van der Waals surface area contributed by atoms with Gasteiger partial charge in [-0.15, -0.1) is 0 Å². The molecule has 1 saturated heterocycles. The van der Waals surface area contributed by atoms with E-state index in [1.165, 1.54) is 12.5 Å². The van der Waals surface area contributed by atoms with Crippen LogP contribution >= 0.6 is 0 Å². The lowest BCUT2D eigenvalue weighted by Crippen LogP contribution is -2.40. The van der Waals surface area contributed by atoms with E-state index in [9.17, 15) is 9.18 Å². The number of hydrogen-bond donors (Lipinski definition) is 1. The molecule has 33 heavy (non-hydrogen) atoms. The van der Waals surface area contributed by atoms with Crippen molar-refractivity contribution in [2.75, 3.05) is 19.6 Å². The lowest BCUT2D eigenvalue weighted by molar-refractivity contribution is 0.0925. The Hall–Kier alpha value is -3.65. The summed E-state index contributed by atoms with van der Waals surface area (Å²) in [7, 11) is 0. The fourth-order valence-electron chi connectivity index (χ4n) is 4.54. The number of benzene rings is 1. The molecule has 1 aromatic carbocycles. The maximum Gasteiger partial charge on any atom is 0.253 e. The van der Waals surface area contributed by atoms with E-state index in [0.717, 1.165) is 31.5 Å². The number of carbonyl (C=O) groups excluding carboxylic acids is 1. The number of likely N-dealkylation sites (tertiary alicyclic amines) is 1. The van der Waals surface area contributed by atoms with Gasteiger partial charge in [0.15, 0.2) is 0 Å². The minimum absolute atomic E-state index is 0.0126. The zero-order valence-corrected chi connectivity index (χ0v) is 18.2. The second-order valence-electron chi connectivity index (χ2n) is 8.20. The van der Waals surface area contributed by atoms with Crippen LogP contribution in [-0.2, 0) is 0 Å². The van der Waals surface area contributed by atoms with Crippen LogP contribution in [0, 0.1) is 5.82 Å². The topological polar surface area (TPSA) is 75.9 Å². The molecule has 3 aromatic heterocycles. The quantitative estimate of drug-likeness (QED) is 0.488. The van der Waals surface area contributed by atoms with E-state index in [1.54, 1.807) is 47.6 Å². The zero-order chi connectivity index (χ0) is 22.6. The van der Waals surface area contributed by atoms with Crippen LogP contribution in [-0.4, -0.2) is 50.0 Å². The molecule has 5 rings (SSSR count). The Labute approximate surface area is 191 Å². The molecule has 1 unspecified atom stereocenters. The highest BCUT2D eigenvalue weighted by Crippen LogP contribution is 2.27. The predicted molar refractivity (Wildman–Crippen MR) is 124 cm³/mol. The standard InChI is InChI=1S/C25H25FN6O/c26-20-8-4-9-21-23(20)19(17-32(21)25-28-11-6-12-29-25)24(33)30-16-22(18-7-5-10-27-15-18)31-13-2-1-3-14-31/h4-12,15,17,22H,1-3,13-14,16H2,(H,30,33). The van der Waals surface area contributed by atoms with E-state index < -0.39 is 5.82 Å². The molecule has 1 fully saturated rings. The van der Waals surface area contributed by atoms with Gasteiger partial charge >= 0.3 is 0 Å². The molecular weight excluding hydrogens is 419 g/mol. The predicted octanol–water partition coefficient (Wildman–Crippen LogP) is 3.91. The molecule has 7 nitrogen and oxygen atoms in total. The molecule has 4 aromatic rings. The zero-order valence-electron chi connectivity index (χ0n) is 18.2. The van der Waals surface area contributed by atoms with Crippen molar-refractivity contribution in [3.63, 3.8) is 0 Å². The molecule has 8 heteroatoms. The highest BCUT2D eigenvalue weighted by Gasteiger charge is 2.25. The van der Waals surface area contributed by atoms with Crippen molar-refractivity contribution in [2.24, 2.45) is 0 Å². The summed E-state index contributed by atoms with van der Waals surface area (Å²) in [6.07, 6.45) is 11.9. The third-order valence-corrected chi connectivity index (χ3v) is 6.15. The first kappa shape index (κ1) is 21.2. The van der Waals surface area contributed by atoms with Crippen LogP contribution in [0.1, 0.15) is 41.2 Å². The van der Waals surface area contributed by atoms with Gasteiger partial charge in [-0.3, -0.25) is 19.2 Å². The molecule has 168 valence electrons. The molecule has 0 radical (unpaired) electrons. The molecule has 1 N–H and O–H groups in total. The van der Waals surface area contributed by atoms with Crippen molar-refractivity contribution >= 4 is 16.8 Å². The van der Waals surface area contributed by atoms with Crippen LogP contribution in [0.15, 0.2) is 67.4 Å². The summed E-state index contributed by atoms with van der Waals surface area (Å²) in [5, 5.41) is 3.31. The van der Waals surface area contributed by atoms with Crippen LogP contribution in [0.2, 0.25) is 0 Å². The Morgan fingerprint density at radius 3 is 2.61 bits per heavy atom. The maximum absolute atomic E-state index is 14.8. The highest BCUT2D eigenvalue weighted by atomic mass is 19.1. The van der Waals surface area contributed by atoms with Crippen LogP contribution in [0.4, 0.5) is 4.39 Å². The van der Waals surface area contributed by atoms with E-state index in [0.29, 0.717) is 18.0 Å². The van der Waals surface area contributed by atoms with Crippen molar-refractivity contribution in [3.05, 3.63) is 84.3 Å². The summed E-state index contributed by atoms with van der Waals surface area (Å²) in [4.78, 5) is 28.5. The van der Waals surface area contributed by atoms with Crippen molar-refractivity contribution in [1.82, 2.24) is 29.7 Å². The number of hydrogen-bond acceptors (Lipinski definition) is 5. The number of carbonyl (C=O) groups is 1. The summed E-state index contributed by atoms with van der Waals surface area (Å²) in [5.74, 6) is -0.397. The molecule has 0 aliphatic carbocycles. The normalized spacial score (nSPS) is 15.4. The smallest absolute Gasteiger partial charge is 0.253 e. The first-order valence-electron chi connectivity index (χ1n) is 11.2. The molecule has 1 aliphatic heterocycles. The highest BCUT2D eigenvalue weighted by molar-refractivity contribution is 6.07. The van der Waals surface area contributed by atoms with Gasteiger partial charge in [0.05, 0.1) is 17.1 Å². The van der Waals surface area contributed by atoms with Crippen molar-refractivity contribution < 1.29 is 9.18 Å². The summed E-state index contributed by atoms with van der Waals surface area (Å²) < 4.78 is 16.5. The van der Waals surface area contributed by atoms with Gasteiger partial charge in [0.25, 0.3) is 5.91 Å². The summed E-state index contributed by atoms with van der Waals surface area (Å²) in [6, 6.07) is 10.4. The largest absolute Gasteiger partial charge is 0.350 e. The van der Waals surface area contributed by atoms with E-state index in [2.05, 4.69) is 25.2 Å². The summed E-state index contributed by atoms with van der Waals surface area (Å²) >= 11 is 0. The number of nitrogens with zero attached hydrogens (tertiary/aromatic N) is 5. The fraction of sp³-hybridized carbons (Fsp3) is 0.280. The summed E-state index contributed by atoms with van der Waals surface area (Å²) in [6.45, 7) is 2.37. The third kappa shape index (κ3) is 4.34. The molecule has 4 heterocycles. The van der Waals surface area contributed by atoms with Gasteiger partial charge in [0.1, 0.15) is 5.82 Å². The van der Waals surface area contributed by atoms with E-state index in [-0.39, 0.29) is 22.9 Å². The number of fused-ring (bicyclic) bond motifs is 1. The second-order valence-corrected chi connectivity index (χ2v) is 8.20. The van der Waals surface area contributed by atoms with Gasteiger partial charge in [0, 0.05) is 42.9 Å². The van der Waals surface area contributed by atoms with Crippen LogP contribution in [0.25, 0.3) is 16.9 Å². The minimum Gasteiger partial charge on any atom is -0.350 e. The lowest BCUT2D eigenvalue weighted by Gasteiger charge is -2.34. The van der Waals surface area contributed by atoms with Crippen LogP contribution in [0.3, 0.4) is 0 Å².